The second-order valence-electron chi connectivity index (χ2n) is 4.96. The molecule has 2 nitrogen and oxygen atoms in total. The molecule has 0 saturated heterocycles. The Kier molecular flexibility index (Phi) is 5.76. The Morgan fingerprint density at radius 1 is 1.00 bits per heavy atom. The molecule has 0 unspecified atom stereocenters. The molecule has 0 bridgehead atoms. The molecule has 0 aliphatic rings. The molecule has 0 heterocycles. The normalized spacial score (nSPS) is 10.6. The van der Waals surface area contributed by atoms with Crippen LogP contribution in [0.4, 0.5) is 4.39 Å². The molecule has 0 amide bonds. The van der Waals surface area contributed by atoms with E-state index in [1.54, 1.807) is 6.07 Å². The van der Waals surface area contributed by atoms with E-state index in [-0.39, 0.29) is 5.82 Å². The highest BCUT2D eigenvalue weighted by Gasteiger charge is 2.11. The Labute approximate surface area is 126 Å². The summed E-state index contributed by atoms with van der Waals surface area (Å²) in [6.45, 7) is 5.50. The molecule has 21 heavy (non-hydrogen) atoms. The number of rotatable bonds is 7. The molecular weight excluding hydrogens is 265 g/mol. The van der Waals surface area contributed by atoms with Gasteiger partial charge >= 0.3 is 0 Å². The van der Waals surface area contributed by atoms with Gasteiger partial charge in [-0.1, -0.05) is 38.1 Å². The van der Waals surface area contributed by atoms with E-state index in [0.717, 1.165) is 30.7 Å². The smallest absolute Gasteiger partial charge is 0.134 e. The Morgan fingerprint density at radius 2 is 1.76 bits per heavy atom. The van der Waals surface area contributed by atoms with Crippen LogP contribution in [0, 0.1) is 5.82 Å². The number of hydrogen-bond acceptors (Lipinski definition) is 2. The second kappa shape index (κ2) is 7.79. The second-order valence-corrected chi connectivity index (χ2v) is 4.96. The number of halogens is 1. The predicted molar refractivity (Wildman–Crippen MR) is 84.3 cm³/mol. The molecule has 2 aromatic rings. The van der Waals surface area contributed by atoms with E-state index in [9.17, 15) is 4.39 Å². The van der Waals surface area contributed by atoms with E-state index in [4.69, 9.17) is 4.74 Å². The molecule has 0 spiro atoms. The number of nitrogens with one attached hydrogen (secondary N) is 1. The molecule has 0 saturated carbocycles. The fraction of sp³-hybridized carbons (Fsp3) is 0.333. The van der Waals surface area contributed by atoms with E-state index in [2.05, 4.69) is 19.2 Å². The van der Waals surface area contributed by atoms with Crippen LogP contribution in [-0.2, 0) is 13.0 Å². The van der Waals surface area contributed by atoms with Crippen LogP contribution in [0.2, 0.25) is 0 Å². The minimum absolute atomic E-state index is 0.231. The first-order valence-electron chi connectivity index (χ1n) is 7.50. The minimum atomic E-state index is -0.231. The van der Waals surface area contributed by atoms with Gasteiger partial charge in [0.05, 0.1) is 0 Å². The molecule has 0 aliphatic heterocycles. The van der Waals surface area contributed by atoms with Crippen LogP contribution in [0.3, 0.4) is 0 Å². The summed E-state index contributed by atoms with van der Waals surface area (Å²) in [4.78, 5) is 0. The van der Waals surface area contributed by atoms with Gasteiger partial charge in [0.2, 0.25) is 0 Å². The number of aryl methyl sites for hydroxylation is 1. The lowest BCUT2D eigenvalue weighted by Gasteiger charge is -2.14. The van der Waals surface area contributed by atoms with Crippen LogP contribution in [0.15, 0.2) is 42.5 Å². The maximum Gasteiger partial charge on any atom is 0.134 e. The van der Waals surface area contributed by atoms with Gasteiger partial charge in [0.1, 0.15) is 17.3 Å². The van der Waals surface area contributed by atoms with Gasteiger partial charge in [-0.3, -0.25) is 0 Å². The lowest BCUT2D eigenvalue weighted by Crippen LogP contribution is -2.15. The first kappa shape index (κ1) is 15.5. The summed E-state index contributed by atoms with van der Waals surface area (Å²) in [5.74, 6) is 1.15. The van der Waals surface area contributed by atoms with Crippen LogP contribution in [0.25, 0.3) is 0 Å². The SMILES string of the molecule is CCCNCc1c(F)cccc1Oc1ccccc1CC. The van der Waals surface area contributed by atoms with Crippen molar-refractivity contribution in [3.05, 3.63) is 59.4 Å². The first-order valence-corrected chi connectivity index (χ1v) is 7.50. The van der Waals surface area contributed by atoms with Crippen molar-refractivity contribution in [3.63, 3.8) is 0 Å². The fourth-order valence-electron chi connectivity index (χ4n) is 2.21. The monoisotopic (exact) mass is 287 g/mol. The first-order chi connectivity index (χ1) is 10.3. The van der Waals surface area contributed by atoms with Crippen molar-refractivity contribution in [1.29, 1.82) is 0 Å². The average molecular weight is 287 g/mol. The van der Waals surface area contributed by atoms with Gasteiger partial charge in [-0.05, 0) is 43.1 Å². The Bertz CT molecular complexity index is 583. The summed E-state index contributed by atoms with van der Waals surface area (Å²) in [6.07, 6.45) is 1.90. The molecule has 112 valence electrons. The van der Waals surface area contributed by atoms with E-state index < -0.39 is 0 Å². The van der Waals surface area contributed by atoms with Crippen LogP contribution in [0.5, 0.6) is 11.5 Å². The summed E-state index contributed by atoms with van der Waals surface area (Å²) in [7, 11) is 0. The van der Waals surface area contributed by atoms with Gasteiger partial charge in [-0.2, -0.15) is 0 Å². The number of hydrogen-bond donors (Lipinski definition) is 1. The standard InChI is InChI=1S/C18H22FNO/c1-3-12-20-13-15-16(19)9-7-11-18(15)21-17-10-6-5-8-14(17)4-2/h5-11,20H,3-4,12-13H2,1-2H3. The number of ether oxygens (including phenoxy) is 1. The Hall–Kier alpha value is -1.87. The van der Waals surface area contributed by atoms with E-state index in [0.29, 0.717) is 17.9 Å². The topological polar surface area (TPSA) is 21.3 Å². The molecule has 0 fully saturated rings. The zero-order chi connectivity index (χ0) is 15.1. The molecule has 1 N–H and O–H groups in total. The quantitative estimate of drug-likeness (QED) is 0.747. The van der Waals surface area contributed by atoms with Gasteiger partial charge in [0, 0.05) is 12.1 Å². The number of benzene rings is 2. The van der Waals surface area contributed by atoms with E-state index >= 15 is 0 Å². The molecule has 2 aromatic carbocycles. The van der Waals surface area contributed by atoms with Crippen molar-refractivity contribution in [1.82, 2.24) is 5.32 Å². The lowest BCUT2D eigenvalue weighted by atomic mass is 10.1. The largest absolute Gasteiger partial charge is 0.457 e. The highest BCUT2D eigenvalue weighted by atomic mass is 19.1. The van der Waals surface area contributed by atoms with Crippen LogP contribution < -0.4 is 10.1 Å². The summed E-state index contributed by atoms with van der Waals surface area (Å²) in [5.41, 5.74) is 1.70. The van der Waals surface area contributed by atoms with Gasteiger partial charge in [-0.25, -0.2) is 4.39 Å². The minimum Gasteiger partial charge on any atom is -0.457 e. The van der Waals surface area contributed by atoms with Gasteiger partial charge in [0.25, 0.3) is 0 Å². The molecule has 3 heteroatoms. The highest BCUT2D eigenvalue weighted by Crippen LogP contribution is 2.29. The summed E-state index contributed by atoms with van der Waals surface area (Å²) in [6, 6.07) is 12.9. The lowest BCUT2D eigenvalue weighted by molar-refractivity contribution is 0.457. The Balaban J connectivity index is 2.24. The van der Waals surface area contributed by atoms with Crippen molar-refractivity contribution in [2.75, 3.05) is 6.54 Å². The average Bonchev–Trinajstić information content (AvgIpc) is 2.50. The zero-order valence-corrected chi connectivity index (χ0v) is 12.7. The Morgan fingerprint density at radius 3 is 2.52 bits per heavy atom. The van der Waals surface area contributed by atoms with E-state index in [1.165, 1.54) is 6.07 Å². The summed E-state index contributed by atoms with van der Waals surface area (Å²) in [5, 5.41) is 3.23. The summed E-state index contributed by atoms with van der Waals surface area (Å²) < 4.78 is 20.0. The van der Waals surface area contributed by atoms with Gasteiger partial charge < -0.3 is 10.1 Å². The van der Waals surface area contributed by atoms with Crippen LogP contribution >= 0.6 is 0 Å². The third-order valence-corrected chi connectivity index (χ3v) is 3.38. The van der Waals surface area contributed by atoms with Crippen LogP contribution in [-0.4, -0.2) is 6.54 Å². The van der Waals surface area contributed by atoms with Gasteiger partial charge in [0.15, 0.2) is 0 Å². The molecule has 0 aliphatic carbocycles. The van der Waals surface area contributed by atoms with Crippen molar-refractivity contribution < 1.29 is 9.13 Å². The number of para-hydroxylation sites is 1. The summed E-state index contributed by atoms with van der Waals surface area (Å²) >= 11 is 0. The van der Waals surface area contributed by atoms with Crippen molar-refractivity contribution in [3.8, 4) is 11.5 Å². The van der Waals surface area contributed by atoms with Crippen molar-refractivity contribution in [2.45, 2.75) is 33.2 Å². The van der Waals surface area contributed by atoms with Crippen molar-refractivity contribution >= 4 is 0 Å². The molecule has 0 atom stereocenters. The fourth-order valence-corrected chi connectivity index (χ4v) is 2.21. The maximum atomic E-state index is 14.0. The highest BCUT2D eigenvalue weighted by molar-refractivity contribution is 5.42. The third-order valence-electron chi connectivity index (χ3n) is 3.38. The maximum absolute atomic E-state index is 14.0. The van der Waals surface area contributed by atoms with E-state index in [1.807, 2.05) is 30.3 Å². The third kappa shape index (κ3) is 4.05. The molecular formula is C18H22FNO. The van der Waals surface area contributed by atoms with Gasteiger partial charge in [-0.15, -0.1) is 0 Å². The molecule has 0 aromatic heterocycles. The predicted octanol–water partition coefficient (Wildman–Crippen LogP) is 4.68. The van der Waals surface area contributed by atoms with Crippen molar-refractivity contribution in [2.24, 2.45) is 0 Å². The molecule has 2 rings (SSSR count). The van der Waals surface area contributed by atoms with Crippen LogP contribution in [0.1, 0.15) is 31.4 Å². The zero-order valence-electron chi connectivity index (χ0n) is 12.7. The molecule has 0 radical (unpaired) electrons.